The molecule has 3 aromatic rings. The number of benzene rings is 2. The third-order valence-electron chi connectivity index (χ3n) is 5.35. The van der Waals surface area contributed by atoms with Crippen LogP contribution in [0.2, 0.25) is 5.02 Å². The van der Waals surface area contributed by atoms with E-state index in [1.54, 1.807) is 0 Å². The number of anilines is 2. The molecule has 1 aromatic heterocycles. The minimum Gasteiger partial charge on any atom is -0.454 e. The van der Waals surface area contributed by atoms with E-state index in [0.29, 0.717) is 17.6 Å². The molecule has 5 rings (SSSR count). The quantitative estimate of drug-likeness (QED) is 0.694. The van der Waals surface area contributed by atoms with Crippen LogP contribution in [0, 0.1) is 0 Å². The van der Waals surface area contributed by atoms with Gasteiger partial charge in [-0.2, -0.15) is 4.98 Å². The Bertz CT molecular complexity index is 1040. The summed E-state index contributed by atoms with van der Waals surface area (Å²) < 4.78 is 10.9. The van der Waals surface area contributed by atoms with E-state index in [2.05, 4.69) is 17.1 Å². The van der Waals surface area contributed by atoms with Crippen LogP contribution in [0.5, 0.6) is 11.5 Å². The van der Waals surface area contributed by atoms with Crippen LogP contribution < -0.4 is 19.7 Å². The van der Waals surface area contributed by atoms with Gasteiger partial charge in [-0.25, -0.2) is 4.98 Å². The summed E-state index contributed by atoms with van der Waals surface area (Å²) in [6.07, 6.45) is 2.34. The van der Waals surface area contributed by atoms with E-state index in [1.165, 1.54) is 12.8 Å². The molecule has 2 aliphatic heterocycles. The molecule has 0 unspecified atom stereocenters. The maximum absolute atomic E-state index is 6.24. The first-order valence-corrected chi connectivity index (χ1v) is 9.91. The molecule has 0 amide bonds. The van der Waals surface area contributed by atoms with Gasteiger partial charge in [-0.15, -0.1) is 0 Å². The fourth-order valence-corrected chi connectivity index (χ4v) is 3.99. The summed E-state index contributed by atoms with van der Waals surface area (Å²) in [5, 5.41) is 5.06. The maximum Gasteiger partial charge on any atom is 0.231 e. The molecule has 2 aromatic carbocycles. The lowest BCUT2D eigenvalue weighted by molar-refractivity contribution is 0.174. The fourth-order valence-electron chi connectivity index (χ4n) is 3.82. The second-order valence-corrected chi connectivity index (χ2v) is 7.70. The Morgan fingerprint density at radius 3 is 2.89 bits per heavy atom. The first-order valence-electron chi connectivity index (χ1n) is 9.54. The summed E-state index contributed by atoms with van der Waals surface area (Å²) in [6, 6.07) is 12.1. The van der Waals surface area contributed by atoms with Crippen molar-refractivity contribution in [1.82, 2.24) is 9.97 Å². The molecule has 0 aliphatic carbocycles. The van der Waals surface area contributed by atoms with Crippen LogP contribution in [0.4, 0.5) is 11.8 Å². The van der Waals surface area contributed by atoms with Crippen LogP contribution in [-0.2, 0) is 6.54 Å². The van der Waals surface area contributed by atoms with E-state index in [9.17, 15) is 0 Å². The second kappa shape index (κ2) is 7.02. The van der Waals surface area contributed by atoms with Crippen molar-refractivity contribution < 1.29 is 9.47 Å². The summed E-state index contributed by atoms with van der Waals surface area (Å²) in [4.78, 5) is 11.9. The molecule has 1 saturated heterocycles. The molecule has 2 aliphatic rings. The molecule has 0 bridgehead atoms. The largest absolute Gasteiger partial charge is 0.454 e. The third-order valence-corrected chi connectivity index (χ3v) is 5.59. The minimum atomic E-state index is 0.276. The molecule has 144 valence electrons. The minimum absolute atomic E-state index is 0.276. The van der Waals surface area contributed by atoms with Gasteiger partial charge in [-0.05, 0) is 55.7 Å². The first kappa shape index (κ1) is 17.4. The predicted octanol–water partition coefficient (Wildman–Crippen LogP) is 4.61. The highest BCUT2D eigenvalue weighted by atomic mass is 35.5. The SMILES string of the molecule is C[C@@H]1CCCN1c1nc(NCc2ccc3c(c2)OCO3)c2cc(Cl)ccc2n1. The van der Waals surface area contributed by atoms with Gasteiger partial charge in [0.05, 0.1) is 5.52 Å². The summed E-state index contributed by atoms with van der Waals surface area (Å²) >= 11 is 6.24. The number of aromatic nitrogens is 2. The zero-order valence-electron chi connectivity index (χ0n) is 15.6. The van der Waals surface area contributed by atoms with Gasteiger partial charge in [-0.1, -0.05) is 17.7 Å². The Morgan fingerprint density at radius 2 is 2.04 bits per heavy atom. The van der Waals surface area contributed by atoms with Crippen LogP contribution in [-0.4, -0.2) is 29.3 Å². The Hall–Kier alpha value is -2.73. The molecule has 6 nitrogen and oxygen atoms in total. The fraction of sp³-hybridized carbons (Fsp3) is 0.333. The molecular weight excluding hydrogens is 376 g/mol. The number of hydrogen-bond donors (Lipinski definition) is 1. The van der Waals surface area contributed by atoms with E-state index in [0.717, 1.165) is 46.3 Å². The van der Waals surface area contributed by atoms with Crippen LogP contribution in [0.1, 0.15) is 25.3 Å². The lowest BCUT2D eigenvalue weighted by atomic mass is 10.2. The number of ether oxygens (including phenoxy) is 2. The van der Waals surface area contributed by atoms with E-state index >= 15 is 0 Å². The topological polar surface area (TPSA) is 59.5 Å². The van der Waals surface area contributed by atoms with E-state index in [-0.39, 0.29) is 6.79 Å². The number of nitrogens with zero attached hydrogens (tertiary/aromatic N) is 3. The molecule has 7 heteroatoms. The van der Waals surface area contributed by atoms with Crippen LogP contribution in [0.3, 0.4) is 0 Å². The van der Waals surface area contributed by atoms with Gasteiger partial charge in [0.25, 0.3) is 0 Å². The number of fused-ring (bicyclic) bond motifs is 2. The van der Waals surface area contributed by atoms with Crippen LogP contribution in [0.25, 0.3) is 10.9 Å². The normalized spacial score (nSPS) is 18.1. The Kier molecular flexibility index (Phi) is 4.36. The average Bonchev–Trinajstić information content (AvgIpc) is 3.34. The van der Waals surface area contributed by atoms with Crippen molar-refractivity contribution in [3.05, 3.63) is 47.0 Å². The average molecular weight is 397 g/mol. The smallest absolute Gasteiger partial charge is 0.231 e. The zero-order valence-corrected chi connectivity index (χ0v) is 16.4. The second-order valence-electron chi connectivity index (χ2n) is 7.26. The van der Waals surface area contributed by atoms with Gasteiger partial charge in [-0.3, -0.25) is 0 Å². The van der Waals surface area contributed by atoms with Crippen LogP contribution >= 0.6 is 11.6 Å². The molecule has 0 saturated carbocycles. The molecule has 0 radical (unpaired) electrons. The summed E-state index contributed by atoms with van der Waals surface area (Å²) in [7, 11) is 0. The van der Waals surface area contributed by atoms with Crippen molar-refractivity contribution in [2.75, 3.05) is 23.6 Å². The van der Waals surface area contributed by atoms with Crippen molar-refractivity contribution in [3.63, 3.8) is 0 Å². The first-order chi connectivity index (χ1) is 13.7. The van der Waals surface area contributed by atoms with Gasteiger partial charge >= 0.3 is 0 Å². The zero-order chi connectivity index (χ0) is 19.1. The monoisotopic (exact) mass is 396 g/mol. The van der Waals surface area contributed by atoms with Gasteiger partial charge < -0.3 is 19.7 Å². The molecule has 1 atom stereocenters. The number of rotatable bonds is 4. The molecule has 0 spiro atoms. The van der Waals surface area contributed by atoms with E-state index in [4.69, 9.17) is 31.0 Å². The lowest BCUT2D eigenvalue weighted by Crippen LogP contribution is -2.28. The van der Waals surface area contributed by atoms with Crippen molar-refractivity contribution >= 4 is 34.3 Å². The highest BCUT2D eigenvalue weighted by Crippen LogP contribution is 2.33. The summed E-state index contributed by atoms with van der Waals surface area (Å²) in [5.41, 5.74) is 1.98. The molecule has 1 fully saturated rings. The van der Waals surface area contributed by atoms with Gasteiger partial charge in [0.15, 0.2) is 11.5 Å². The van der Waals surface area contributed by atoms with Crippen molar-refractivity contribution in [3.8, 4) is 11.5 Å². The molecular formula is C21H21ClN4O2. The van der Waals surface area contributed by atoms with Crippen molar-refractivity contribution in [2.24, 2.45) is 0 Å². The third kappa shape index (κ3) is 3.18. The molecule has 28 heavy (non-hydrogen) atoms. The van der Waals surface area contributed by atoms with Crippen molar-refractivity contribution in [1.29, 1.82) is 0 Å². The lowest BCUT2D eigenvalue weighted by Gasteiger charge is -2.22. The van der Waals surface area contributed by atoms with E-state index < -0.39 is 0 Å². The molecule has 1 N–H and O–H groups in total. The number of halogens is 1. The van der Waals surface area contributed by atoms with Gasteiger partial charge in [0.2, 0.25) is 12.7 Å². The van der Waals surface area contributed by atoms with Gasteiger partial charge in [0, 0.05) is 29.5 Å². The van der Waals surface area contributed by atoms with E-state index in [1.807, 2.05) is 36.4 Å². The van der Waals surface area contributed by atoms with Crippen molar-refractivity contribution in [2.45, 2.75) is 32.4 Å². The Balaban J connectivity index is 1.48. The van der Waals surface area contributed by atoms with Gasteiger partial charge in [0.1, 0.15) is 5.82 Å². The predicted molar refractivity (Wildman–Crippen MR) is 110 cm³/mol. The highest BCUT2D eigenvalue weighted by Gasteiger charge is 2.24. The standard InChI is InChI=1S/C21H21ClN4O2/c1-13-3-2-8-26(13)21-24-17-6-5-15(22)10-16(17)20(25-21)23-11-14-4-7-18-19(9-14)28-12-27-18/h4-7,9-10,13H,2-3,8,11-12H2,1H3,(H,23,24,25)/t13-/m1/s1. The number of hydrogen-bond acceptors (Lipinski definition) is 6. The number of nitrogens with one attached hydrogen (secondary N) is 1. The Morgan fingerprint density at radius 1 is 1.14 bits per heavy atom. The summed E-state index contributed by atoms with van der Waals surface area (Å²) in [5.74, 6) is 3.13. The Labute approximate surface area is 168 Å². The molecule has 3 heterocycles. The summed E-state index contributed by atoms with van der Waals surface area (Å²) in [6.45, 7) is 4.10. The van der Waals surface area contributed by atoms with Crippen LogP contribution in [0.15, 0.2) is 36.4 Å². The maximum atomic E-state index is 6.24. The highest BCUT2D eigenvalue weighted by molar-refractivity contribution is 6.31.